The largest absolute Gasteiger partial charge is 0.401 e. The van der Waals surface area contributed by atoms with Crippen molar-refractivity contribution in [2.75, 3.05) is 32.8 Å². The summed E-state index contributed by atoms with van der Waals surface area (Å²) in [7, 11) is 0. The molecule has 18 heavy (non-hydrogen) atoms. The Morgan fingerprint density at radius 2 is 1.78 bits per heavy atom. The number of aliphatic hydroxyl groups excluding tert-OH is 1. The molecule has 0 aromatic rings. The average molecular weight is 270 g/mol. The highest BCUT2D eigenvalue weighted by atomic mass is 19.4. The lowest BCUT2D eigenvalue weighted by atomic mass is 9.98. The second kappa shape index (κ2) is 7.96. The standard InChI is InChI=1S/C12H25F3N2O/c1-4-7-17(9-12(13,14)15)8-6-11(3,10-18)16-5-2/h16,18H,4-10H2,1-3H3. The molecule has 0 spiro atoms. The molecule has 1 unspecified atom stereocenters. The first-order chi connectivity index (χ1) is 8.26. The van der Waals surface area contributed by atoms with Crippen LogP contribution in [0.3, 0.4) is 0 Å². The maximum Gasteiger partial charge on any atom is 0.401 e. The van der Waals surface area contributed by atoms with Crippen molar-refractivity contribution in [3.63, 3.8) is 0 Å². The number of hydrogen-bond acceptors (Lipinski definition) is 3. The topological polar surface area (TPSA) is 35.5 Å². The molecule has 0 aliphatic carbocycles. The summed E-state index contributed by atoms with van der Waals surface area (Å²) in [5.74, 6) is 0. The van der Waals surface area contributed by atoms with E-state index in [9.17, 15) is 18.3 Å². The molecular weight excluding hydrogens is 245 g/mol. The van der Waals surface area contributed by atoms with Gasteiger partial charge in [0.1, 0.15) is 0 Å². The van der Waals surface area contributed by atoms with Crippen molar-refractivity contribution in [3.8, 4) is 0 Å². The van der Waals surface area contributed by atoms with Crippen LogP contribution in [0.25, 0.3) is 0 Å². The van der Waals surface area contributed by atoms with Gasteiger partial charge in [-0.2, -0.15) is 13.2 Å². The van der Waals surface area contributed by atoms with Gasteiger partial charge < -0.3 is 10.4 Å². The van der Waals surface area contributed by atoms with Crippen molar-refractivity contribution >= 4 is 0 Å². The fraction of sp³-hybridized carbons (Fsp3) is 1.00. The van der Waals surface area contributed by atoms with Crippen molar-refractivity contribution in [3.05, 3.63) is 0 Å². The number of halogens is 3. The van der Waals surface area contributed by atoms with Crippen molar-refractivity contribution in [1.29, 1.82) is 0 Å². The van der Waals surface area contributed by atoms with E-state index in [1.54, 1.807) is 0 Å². The minimum atomic E-state index is -4.16. The Balaban J connectivity index is 4.32. The summed E-state index contributed by atoms with van der Waals surface area (Å²) in [6.07, 6.45) is -2.98. The molecule has 3 nitrogen and oxygen atoms in total. The predicted molar refractivity (Wildman–Crippen MR) is 66.6 cm³/mol. The summed E-state index contributed by atoms with van der Waals surface area (Å²) in [5, 5.41) is 12.4. The van der Waals surface area contributed by atoms with E-state index in [0.717, 1.165) is 0 Å². The Hall–Kier alpha value is -0.330. The van der Waals surface area contributed by atoms with Gasteiger partial charge >= 0.3 is 6.18 Å². The molecule has 0 aliphatic heterocycles. The molecule has 110 valence electrons. The fourth-order valence-electron chi connectivity index (χ4n) is 1.89. The smallest absolute Gasteiger partial charge is 0.394 e. The number of nitrogens with one attached hydrogen (secondary N) is 1. The molecule has 0 saturated heterocycles. The van der Waals surface area contributed by atoms with Gasteiger partial charge in [-0.15, -0.1) is 0 Å². The molecule has 0 fully saturated rings. The summed E-state index contributed by atoms with van der Waals surface area (Å²) in [4.78, 5) is 1.39. The summed E-state index contributed by atoms with van der Waals surface area (Å²) in [6, 6.07) is 0. The molecule has 0 aromatic carbocycles. The quantitative estimate of drug-likeness (QED) is 0.673. The molecule has 6 heteroatoms. The highest BCUT2D eigenvalue weighted by molar-refractivity contribution is 4.83. The third kappa shape index (κ3) is 7.89. The Kier molecular flexibility index (Phi) is 7.82. The van der Waals surface area contributed by atoms with Crippen LogP contribution in [0.15, 0.2) is 0 Å². The molecule has 0 heterocycles. The van der Waals surface area contributed by atoms with Gasteiger partial charge in [0.2, 0.25) is 0 Å². The van der Waals surface area contributed by atoms with E-state index in [-0.39, 0.29) is 6.61 Å². The van der Waals surface area contributed by atoms with E-state index in [4.69, 9.17) is 0 Å². The van der Waals surface area contributed by atoms with E-state index in [2.05, 4.69) is 5.32 Å². The number of alkyl halides is 3. The number of likely N-dealkylation sites (N-methyl/N-ethyl adjacent to an activating group) is 1. The van der Waals surface area contributed by atoms with Crippen LogP contribution < -0.4 is 5.32 Å². The minimum absolute atomic E-state index is 0.0766. The lowest BCUT2D eigenvalue weighted by molar-refractivity contribution is -0.146. The van der Waals surface area contributed by atoms with Gasteiger partial charge in [-0.25, -0.2) is 0 Å². The molecule has 0 aromatic heterocycles. The Morgan fingerprint density at radius 1 is 1.17 bits per heavy atom. The molecule has 2 N–H and O–H groups in total. The van der Waals surface area contributed by atoms with Gasteiger partial charge in [-0.05, 0) is 32.9 Å². The van der Waals surface area contributed by atoms with Crippen molar-refractivity contribution in [2.45, 2.75) is 45.3 Å². The van der Waals surface area contributed by atoms with Crippen LogP contribution in [0.2, 0.25) is 0 Å². The average Bonchev–Trinajstić information content (AvgIpc) is 2.25. The third-order valence-corrected chi connectivity index (χ3v) is 2.88. The molecule has 0 aliphatic rings. The lowest BCUT2D eigenvalue weighted by Crippen LogP contribution is -2.48. The Bertz CT molecular complexity index is 224. The summed E-state index contributed by atoms with van der Waals surface area (Å²) >= 11 is 0. The zero-order valence-electron chi connectivity index (χ0n) is 11.5. The van der Waals surface area contributed by atoms with E-state index in [0.29, 0.717) is 32.5 Å². The van der Waals surface area contributed by atoms with Crippen LogP contribution in [0.5, 0.6) is 0 Å². The number of aliphatic hydroxyl groups is 1. The van der Waals surface area contributed by atoms with E-state index >= 15 is 0 Å². The van der Waals surface area contributed by atoms with Gasteiger partial charge in [-0.1, -0.05) is 13.8 Å². The van der Waals surface area contributed by atoms with E-state index < -0.39 is 18.3 Å². The third-order valence-electron chi connectivity index (χ3n) is 2.88. The van der Waals surface area contributed by atoms with Gasteiger partial charge in [0, 0.05) is 12.1 Å². The number of nitrogens with zero attached hydrogens (tertiary/aromatic N) is 1. The molecule has 0 amide bonds. The van der Waals surface area contributed by atoms with Crippen LogP contribution in [0, 0.1) is 0 Å². The van der Waals surface area contributed by atoms with Crippen LogP contribution in [0.4, 0.5) is 13.2 Å². The first-order valence-corrected chi connectivity index (χ1v) is 6.41. The first kappa shape index (κ1) is 17.7. The fourth-order valence-corrected chi connectivity index (χ4v) is 1.89. The van der Waals surface area contributed by atoms with Crippen LogP contribution >= 0.6 is 0 Å². The normalized spacial score (nSPS) is 16.0. The lowest BCUT2D eigenvalue weighted by Gasteiger charge is -2.32. The maximum absolute atomic E-state index is 12.4. The summed E-state index contributed by atoms with van der Waals surface area (Å²) in [5.41, 5.74) is -0.508. The zero-order chi connectivity index (χ0) is 14.2. The summed E-state index contributed by atoms with van der Waals surface area (Å²) in [6.45, 7) is 6.08. The predicted octanol–water partition coefficient (Wildman–Crippen LogP) is 2.01. The summed E-state index contributed by atoms with van der Waals surface area (Å²) < 4.78 is 37.1. The zero-order valence-corrected chi connectivity index (χ0v) is 11.5. The molecule has 0 saturated carbocycles. The monoisotopic (exact) mass is 270 g/mol. The van der Waals surface area contributed by atoms with Gasteiger partial charge in [-0.3, -0.25) is 4.90 Å². The number of hydrogen-bond donors (Lipinski definition) is 2. The van der Waals surface area contributed by atoms with Gasteiger partial charge in [0.05, 0.1) is 13.2 Å². The van der Waals surface area contributed by atoms with Crippen molar-refractivity contribution in [1.82, 2.24) is 10.2 Å². The van der Waals surface area contributed by atoms with Crippen LogP contribution in [0.1, 0.15) is 33.6 Å². The Morgan fingerprint density at radius 3 is 2.17 bits per heavy atom. The molecule has 1 atom stereocenters. The van der Waals surface area contributed by atoms with Gasteiger partial charge in [0.15, 0.2) is 0 Å². The van der Waals surface area contributed by atoms with E-state index in [1.165, 1.54) is 4.90 Å². The number of rotatable bonds is 9. The SMILES string of the molecule is CCCN(CCC(C)(CO)NCC)CC(F)(F)F. The minimum Gasteiger partial charge on any atom is -0.394 e. The highest BCUT2D eigenvalue weighted by Gasteiger charge is 2.31. The van der Waals surface area contributed by atoms with E-state index in [1.807, 2.05) is 20.8 Å². The molecular formula is C12H25F3N2O. The van der Waals surface area contributed by atoms with Crippen LogP contribution in [-0.2, 0) is 0 Å². The second-order valence-electron chi connectivity index (χ2n) is 4.89. The van der Waals surface area contributed by atoms with Gasteiger partial charge in [0.25, 0.3) is 0 Å². The highest BCUT2D eigenvalue weighted by Crippen LogP contribution is 2.18. The maximum atomic E-state index is 12.4. The second-order valence-corrected chi connectivity index (χ2v) is 4.89. The molecule has 0 radical (unpaired) electrons. The first-order valence-electron chi connectivity index (χ1n) is 6.41. The van der Waals surface area contributed by atoms with Crippen LogP contribution in [-0.4, -0.2) is 54.5 Å². The van der Waals surface area contributed by atoms with Crippen molar-refractivity contribution in [2.24, 2.45) is 0 Å². The molecule has 0 rings (SSSR count). The Labute approximate surface area is 107 Å². The van der Waals surface area contributed by atoms with Crippen molar-refractivity contribution < 1.29 is 18.3 Å². The molecule has 0 bridgehead atoms.